The third-order valence-corrected chi connectivity index (χ3v) is 11.3. The van der Waals surface area contributed by atoms with Gasteiger partial charge in [0.1, 0.15) is 6.10 Å². The van der Waals surface area contributed by atoms with E-state index in [1.165, 1.54) is 15.6 Å². The number of benzene rings is 2. The fraction of sp³-hybridized carbons (Fsp3) is 0.588. The van der Waals surface area contributed by atoms with Crippen LogP contribution in [-0.2, 0) is 30.7 Å². The number of nitrogens with zero attached hydrogens (tertiary/aromatic N) is 2. The number of nitrogens with one attached hydrogen (secondary N) is 2. The van der Waals surface area contributed by atoms with Crippen LogP contribution < -0.4 is 10.6 Å². The number of ether oxygens (including phenoxy) is 3. The van der Waals surface area contributed by atoms with Gasteiger partial charge in [0, 0.05) is 38.1 Å². The van der Waals surface area contributed by atoms with E-state index in [9.17, 15) is 18.3 Å². The molecule has 2 fully saturated rings. The van der Waals surface area contributed by atoms with Crippen molar-refractivity contribution in [3.8, 4) is 0 Å². The second-order valence-corrected chi connectivity index (χ2v) is 15.9. The van der Waals surface area contributed by atoms with E-state index in [-0.39, 0.29) is 42.5 Å². The van der Waals surface area contributed by atoms with Crippen molar-refractivity contribution in [3.05, 3.63) is 54.1 Å². The van der Waals surface area contributed by atoms with Gasteiger partial charge in [0.25, 0.3) is 0 Å². The number of carbonyl (C=O) groups is 1. The molecule has 2 aromatic carbocycles. The average molecular weight is 689 g/mol. The molecule has 0 spiro atoms. The van der Waals surface area contributed by atoms with E-state index in [0.29, 0.717) is 25.7 Å². The first kappa shape index (κ1) is 35.5. The van der Waals surface area contributed by atoms with Crippen LogP contribution in [0.5, 0.6) is 0 Å². The Balaban J connectivity index is 1.31. The lowest BCUT2D eigenvalue weighted by molar-refractivity contribution is -0.180. The molecular formula is C34H48N4O7S2. The van der Waals surface area contributed by atoms with Gasteiger partial charge in [-0.3, -0.25) is 0 Å². The molecule has 11 nitrogen and oxygen atoms in total. The molecule has 13 heteroatoms. The lowest BCUT2D eigenvalue weighted by Crippen LogP contribution is -2.51. The molecule has 5 rings (SSSR count). The maximum Gasteiger partial charge on any atom is 0.407 e. The van der Waals surface area contributed by atoms with Crippen LogP contribution in [0.2, 0.25) is 0 Å². The number of rotatable bonds is 16. The van der Waals surface area contributed by atoms with Crippen LogP contribution in [0.4, 0.5) is 9.93 Å². The fourth-order valence-corrected chi connectivity index (χ4v) is 8.51. The number of carbonyl (C=O) groups excluding carboxylic acids is 1. The number of sulfonamides is 1. The molecule has 0 bridgehead atoms. The first-order valence-electron chi connectivity index (χ1n) is 16.6. The summed E-state index contributed by atoms with van der Waals surface area (Å²) < 4.78 is 47.3. The van der Waals surface area contributed by atoms with Gasteiger partial charge in [0.2, 0.25) is 10.0 Å². The highest BCUT2D eigenvalue weighted by Crippen LogP contribution is 2.33. The topological polar surface area (TPSA) is 139 Å². The smallest absolute Gasteiger partial charge is 0.407 e. The van der Waals surface area contributed by atoms with Gasteiger partial charge in [0.05, 0.1) is 33.9 Å². The normalized spacial score (nSPS) is 20.7. The monoisotopic (exact) mass is 688 g/mol. The molecule has 1 aliphatic carbocycles. The van der Waals surface area contributed by atoms with Crippen LogP contribution in [0, 0.1) is 11.8 Å². The Morgan fingerprint density at radius 3 is 2.60 bits per heavy atom. The molecule has 1 saturated heterocycles. The molecule has 0 radical (unpaired) electrons. The number of hydrogen-bond acceptors (Lipinski definition) is 10. The zero-order valence-corrected chi connectivity index (χ0v) is 29.3. The summed E-state index contributed by atoms with van der Waals surface area (Å²) in [5.41, 5.74) is 1.62. The Bertz CT molecular complexity index is 1560. The summed E-state index contributed by atoms with van der Waals surface area (Å²) >= 11 is 1.44. The van der Waals surface area contributed by atoms with Gasteiger partial charge in [-0.05, 0) is 69.2 Å². The molecule has 1 saturated carbocycles. The number of aromatic nitrogens is 1. The van der Waals surface area contributed by atoms with E-state index < -0.39 is 34.4 Å². The molecule has 47 heavy (non-hydrogen) atoms. The van der Waals surface area contributed by atoms with E-state index in [4.69, 9.17) is 14.2 Å². The molecule has 2 heterocycles. The van der Waals surface area contributed by atoms with Crippen molar-refractivity contribution in [2.45, 2.75) is 95.3 Å². The zero-order chi connectivity index (χ0) is 33.6. The maximum absolute atomic E-state index is 14.1. The standard InChI is InChI=1S/C34H48N4O7S2/c1-5-43-32-18-25(15-16-44-32)23(4)45-34(40)37-29(17-24-9-7-6-8-10-24)30(39)21-38(20-22(2)3)47(41,42)27-13-14-28-31(19-27)46-33(36-28)35-26-11-12-26/h6-10,13-14,19,22-23,25-26,29-30,32,39H,5,11-12,15-18,20-21H2,1-4H3,(H,35,36)(H,37,40)/t23-,25?,29+,30-,32-/m1/s1. The van der Waals surface area contributed by atoms with Crippen LogP contribution in [0.3, 0.4) is 0 Å². The minimum absolute atomic E-state index is 0.00945. The number of aliphatic hydroxyl groups excluding tert-OH is 1. The predicted molar refractivity (Wildman–Crippen MR) is 183 cm³/mol. The Morgan fingerprint density at radius 1 is 1.13 bits per heavy atom. The molecule has 5 atom stereocenters. The number of anilines is 1. The third kappa shape index (κ3) is 9.86. The molecule has 1 unspecified atom stereocenters. The lowest BCUT2D eigenvalue weighted by atomic mass is 9.94. The highest BCUT2D eigenvalue weighted by Gasteiger charge is 2.34. The summed E-state index contributed by atoms with van der Waals surface area (Å²) in [6.07, 6.45) is 1.25. The molecule has 1 amide bonds. The van der Waals surface area contributed by atoms with Gasteiger partial charge in [-0.1, -0.05) is 55.5 Å². The third-order valence-electron chi connectivity index (χ3n) is 8.53. The van der Waals surface area contributed by atoms with E-state index >= 15 is 0 Å². The average Bonchev–Trinajstić information content (AvgIpc) is 3.76. The highest BCUT2D eigenvalue weighted by molar-refractivity contribution is 7.89. The molecule has 258 valence electrons. The van der Waals surface area contributed by atoms with Crippen molar-refractivity contribution in [2.24, 2.45) is 11.8 Å². The molecule has 3 N–H and O–H groups in total. The number of hydrogen-bond donors (Lipinski definition) is 3. The van der Waals surface area contributed by atoms with E-state index in [1.807, 2.05) is 58.0 Å². The first-order chi connectivity index (χ1) is 22.5. The van der Waals surface area contributed by atoms with Gasteiger partial charge in [-0.15, -0.1) is 0 Å². The van der Waals surface area contributed by atoms with Crippen LogP contribution in [0.15, 0.2) is 53.4 Å². The Kier molecular flexibility index (Phi) is 12.1. The number of thiazole rings is 1. The summed E-state index contributed by atoms with van der Waals surface area (Å²) in [5.74, 6) is 0.0523. The SMILES string of the molecule is CCO[C@H]1CC([C@@H](C)OC(=O)N[C@@H](Cc2ccccc2)[C@H](O)CN(CC(C)C)S(=O)(=O)c2ccc3nc(NC4CC4)sc3c2)CCO1. The summed E-state index contributed by atoms with van der Waals surface area (Å²) in [7, 11) is -4.00. The Labute approximate surface area is 282 Å². The van der Waals surface area contributed by atoms with Crippen molar-refractivity contribution in [2.75, 3.05) is 31.6 Å². The number of aliphatic hydroxyl groups is 1. The molecular weight excluding hydrogens is 641 g/mol. The van der Waals surface area contributed by atoms with Crippen molar-refractivity contribution in [1.29, 1.82) is 0 Å². The van der Waals surface area contributed by atoms with Crippen molar-refractivity contribution < 1.29 is 32.5 Å². The van der Waals surface area contributed by atoms with Crippen LogP contribution in [0.25, 0.3) is 10.2 Å². The minimum atomic E-state index is -4.00. The lowest BCUT2D eigenvalue weighted by Gasteiger charge is -2.33. The van der Waals surface area contributed by atoms with Gasteiger partial charge < -0.3 is 30.0 Å². The summed E-state index contributed by atoms with van der Waals surface area (Å²) in [6, 6.07) is 14.1. The second kappa shape index (κ2) is 16.1. The molecule has 2 aliphatic rings. The van der Waals surface area contributed by atoms with Gasteiger partial charge >= 0.3 is 6.09 Å². The summed E-state index contributed by atoms with van der Waals surface area (Å²) in [6.45, 7) is 8.67. The summed E-state index contributed by atoms with van der Waals surface area (Å²) in [5, 5.41) is 18.7. The molecule has 3 aromatic rings. The maximum atomic E-state index is 14.1. The number of fused-ring (bicyclic) bond motifs is 1. The Morgan fingerprint density at radius 2 is 1.89 bits per heavy atom. The first-order valence-corrected chi connectivity index (χ1v) is 18.9. The van der Waals surface area contributed by atoms with Crippen LogP contribution in [0.1, 0.15) is 58.9 Å². The van der Waals surface area contributed by atoms with Gasteiger partial charge in [-0.25, -0.2) is 18.2 Å². The van der Waals surface area contributed by atoms with Crippen LogP contribution in [-0.4, -0.2) is 85.8 Å². The van der Waals surface area contributed by atoms with Crippen molar-refractivity contribution in [1.82, 2.24) is 14.6 Å². The van der Waals surface area contributed by atoms with E-state index in [0.717, 1.165) is 40.2 Å². The minimum Gasteiger partial charge on any atom is -0.446 e. The zero-order valence-electron chi connectivity index (χ0n) is 27.6. The van der Waals surface area contributed by atoms with E-state index in [1.54, 1.807) is 18.2 Å². The van der Waals surface area contributed by atoms with Gasteiger partial charge in [0.15, 0.2) is 11.4 Å². The Hall–Kier alpha value is -2.81. The summed E-state index contributed by atoms with van der Waals surface area (Å²) in [4.78, 5) is 18.0. The van der Waals surface area contributed by atoms with Crippen LogP contribution >= 0.6 is 11.3 Å². The number of alkyl carbamates (subject to hydrolysis) is 1. The van der Waals surface area contributed by atoms with E-state index in [2.05, 4.69) is 15.6 Å². The van der Waals surface area contributed by atoms with Gasteiger partial charge in [-0.2, -0.15) is 4.31 Å². The quantitative estimate of drug-likeness (QED) is 0.181. The second-order valence-electron chi connectivity index (χ2n) is 12.9. The molecule has 1 aromatic heterocycles. The van der Waals surface area contributed by atoms with Crippen molar-refractivity contribution in [3.63, 3.8) is 0 Å². The highest BCUT2D eigenvalue weighted by atomic mass is 32.2. The predicted octanol–water partition coefficient (Wildman–Crippen LogP) is 5.39. The fourth-order valence-electron chi connectivity index (χ4n) is 5.81. The molecule has 1 aliphatic heterocycles. The number of amides is 1. The largest absolute Gasteiger partial charge is 0.446 e. The van der Waals surface area contributed by atoms with Crippen molar-refractivity contribution >= 4 is 42.8 Å².